The van der Waals surface area contributed by atoms with E-state index in [4.69, 9.17) is 16.3 Å². The van der Waals surface area contributed by atoms with Gasteiger partial charge < -0.3 is 10.1 Å². The van der Waals surface area contributed by atoms with E-state index in [1.807, 2.05) is 0 Å². The highest BCUT2D eigenvalue weighted by Gasteiger charge is 2.12. The van der Waals surface area contributed by atoms with Crippen molar-refractivity contribution in [2.45, 2.75) is 25.7 Å². The Hall–Kier alpha value is -0.870. The van der Waals surface area contributed by atoms with Gasteiger partial charge in [-0.15, -0.1) is 0 Å². The third kappa shape index (κ3) is 4.48. The van der Waals surface area contributed by atoms with Crippen LogP contribution in [0.25, 0.3) is 0 Å². The van der Waals surface area contributed by atoms with Gasteiger partial charge in [0.2, 0.25) is 11.2 Å². The fourth-order valence-corrected chi connectivity index (χ4v) is 2.26. The van der Waals surface area contributed by atoms with E-state index >= 15 is 0 Å². The Morgan fingerprint density at radius 1 is 1.53 bits per heavy atom. The second kappa shape index (κ2) is 6.77. The molecule has 0 aliphatic carbocycles. The molecule has 1 aliphatic heterocycles. The Morgan fingerprint density at radius 3 is 3.24 bits per heavy atom. The zero-order valence-corrected chi connectivity index (χ0v) is 10.6. The zero-order chi connectivity index (χ0) is 11.9. The lowest BCUT2D eigenvalue weighted by molar-refractivity contribution is 0.268. The molecule has 1 aromatic heterocycles. The lowest BCUT2D eigenvalue weighted by Gasteiger charge is -2.22. The van der Waals surface area contributed by atoms with Crippen molar-refractivity contribution >= 4 is 11.6 Å². The highest BCUT2D eigenvalue weighted by molar-refractivity contribution is 6.28. The third-order valence-electron chi connectivity index (χ3n) is 3.01. The fraction of sp³-hybridized carbons (Fsp3) is 0.667. The van der Waals surface area contributed by atoms with Crippen LogP contribution in [0.15, 0.2) is 12.3 Å². The van der Waals surface area contributed by atoms with Crippen molar-refractivity contribution in [3.63, 3.8) is 0 Å². The van der Waals surface area contributed by atoms with Crippen LogP contribution in [0.5, 0.6) is 5.88 Å². The maximum absolute atomic E-state index is 5.67. The molecule has 1 saturated heterocycles. The predicted octanol–water partition coefficient (Wildman–Crippen LogP) is 2.29. The molecule has 2 rings (SSSR count). The minimum absolute atomic E-state index is 0.235. The standard InChI is InChI=1S/C12H18ClN3O/c13-12-15-7-5-11(16-12)17-8-2-4-10-3-1-6-14-9-10/h5,7,10,14H,1-4,6,8-9H2. The summed E-state index contributed by atoms with van der Waals surface area (Å²) in [7, 11) is 0. The monoisotopic (exact) mass is 255 g/mol. The third-order valence-corrected chi connectivity index (χ3v) is 3.19. The van der Waals surface area contributed by atoms with E-state index in [-0.39, 0.29) is 5.28 Å². The van der Waals surface area contributed by atoms with Gasteiger partial charge in [-0.1, -0.05) is 0 Å². The van der Waals surface area contributed by atoms with Crippen LogP contribution in [-0.4, -0.2) is 29.7 Å². The Kier molecular flexibility index (Phi) is 5.01. The van der Waals surface area contributed by atoms with Crippen LogP contribution in [0.2, 0.25) is 5.28 Å². The van der Waals surface area contributed by atoms with Crippen molar-refractivity contribution in [3.05, 3.63) is 17.5 Å². The predicted molar refractivity (Wildman–Crippen MR) is 67.4 cm³/mol. The van der Waals surface area contributed by atoms with Crippen molar-refractivity contribution in [2.75, 3.05) is 19.7 Å². The second-order valence-corrected chi connectivity index (χ2v) is 4.71. The molecule has 94 valence electrons. The second-order valence-electron chi connectivity index (χ2n) is 4.37. The maximum atomic E-state index is 5.67. The van der Waals surface area contributed by atoms with Gasteiger partial charge in [-0.3, -0.25) is 0 Å². The molecule has 1 fully saturated rings. The maximum Gasteiger partial charge on any atom is 0.225 e. The number of rotatable bonds is 5. The Balaban J connectivity index is 1.62. The number of halogens is 1. The van der Waals surface area contributed by atoms with Gasteiger partial charge in [-0.25, -0.2) is 4.98 Å². The highest BCUT2D eigenvalue weighted by atomic mass is 35.5. The van der Waals surface area contributed by atoms with E-state index in [9.17, 15) is 0 Å². The van der Waals surface area contributed by atoms with Crippen molar-refractivity contribution in [3.8, 4) is 5.88 Å². The van der Waals surface area contributed by atoms with Crippen LogP contribution in [0.4, 0.5) is 0 Å². The number of hydrogen-bond acceptors (Lipinski definition) is 4. The minimum Gasteiger partial charge on any atom is -0.478 e. The smallest absolute Gasteiger partial charge is 0.225 e. The molecule has 17 heavy (non-hydrogen) atoms. The number of nitrogens with one attached hydrogen (secondary N) is 1. The van der Waals surface area contributed by atoms with Crippen molar-refractivity contribution < 1.29 is 4.74 Å². The molecule has 0 saturated carbocycles. The number of aromatic nitrogens is 2. The summed E-state index contributed by atoms with van der Waals surface area (Å²) in [4.78, 5) is 7.78. The summed E-state index contributed by atoms with van der Waals surface area (Å²) in [5, 5.41) is 3.66. The first kappa shape index (κ1) is 12.6. The molecule has 0 radical (unpaired) electrons. The first-order valence-corrected chi connectivity index (χ1v) is 6.54. The quantitative estimate of drug-likeness (QED) is 0.648. The minimum atomic E-state index is 0.235. The molecule has 0 amide bonds. The van der Waals surface area contributed by atoms with Gasteiger partial charge in [0.1, 0.15) is 0 Å². The molecule has 1 atom stereocenters. The molecule has 1 aliphatic rings. The molecule has 0 spiro atoms. The van der Waals surface area contributed by atoms with Crippen LogP contribution in [0, 0.1) is 5.92 Å². The van der Waals surface area contributed by atoms with Gasteiger partial charge in [0.15, 0.2) is 0 Å². The molecule has 1 aromatic rings. The largest absolute Gasteiger partial charge is 0.478 e. The van der Waals surface area contributed by atoms with E-state index < -0.39 is 0 Å². The van der Waals surface area contributed by atoms with Gasteiger partial charge >= 0.3 is 0 Å². The normalized spacial score (nSPS) is 20.2. The van der Waals surface area contributed by atoms with Crippen LogP contribution in [-0.2, 0) is 0 Å². The van der Waals surface area contributed by atoms with Gasteiger partial charge in [-0.2, -0.15) is 4.98 Å². The Morgan fingerprint density at radius 2 is 2.47 bits per heavy atom. The highest BCUT2D eigenvalue weighted by Crippen LogP contribution is 2.16. The molecule has 0 bridgehead atoms. The van der Waals surface area contributed by atoms with Gasteiger partial charge in [0.25, 0.3) is 0 Å². The topological polar surface area (TPSA) is 47.0 Å². The molecule has 4 nitrogen and oxygen atoms in total. The molecule has 5 heteroatoms. The summed E-state index contributed by atoms with van der Waals surface area (Å²) in [5.74, 6) is 1.37. The SMILES string of the molecule is Clc1nccc(OCCCC2CCCNC2)n1. The number of hydrogen-bond donors (Lipinski definition) is 1. The molecular formula is C12H18ClN3O. The van der Waals surface area contributed by atoms with Gasteiger partial charge in [0, 0.05) is 12.3 Å². The molecule has 1 N–H and O–H groups in total. The van der Waals surface area contributed by atoms with Crippen molar-refractivity contribution in [2.24, 2.45) is 5.92 Å². The summed E-state index contributed by atoms with van der Waals surface area (Å²) >= 11 is 5.67. The molecule has 0 aromatic carbocycles. The van der Waals surface area contributed by atoms with Gasteiger partial charge in [0.05, 0.1) is 6.61 Å². The molecular weight excluding hydrogens is 238 g/mol. The lowest BCUT2D eigenvalue weighted by atomic mass is 9.95. The molecule has 1 unspecified atom stereocenters. The number of nitrogens with zero attached hydrogens (tertiary/aromatic N) is 2. The number of ether oxygens (including phenoxy) is 1. The first-order valence-electron chi connectivity index (χ1n) is 6.16. The van der Waals surface area contributed by atoms with Crippen LogP contribution in [0.3, 0.4) is 0 Å². The first-order chi connectivity index (χ1) is 8.34. The molecule has 2 heterocycles. The van der Waals surface area contributed by atoms with Crippen molar-refractivity contribution in [1.29, 1.82) is 0 Å². The van der Waals surface area contributed by atoms with E-state index in [1.54, 1.807) is 12.3 Å². The van der Waals surface area contributed by atoms with E-state index in [0.29, 0.717) is 12.5 Å². The summed E-state index contributed by atoms with van der Waals surface area (Å²) in [6.45, 7) is 3.02. The Labute approximate surface area is 107 Å². The van der Waals surface area contributed by atoms with E-state index in [0.717, 1.165) is 18.9 Å². The van der Waals surface area contributed by atoms with Crippen LogP contribution >= 0.6 is 11.6 Å². The summed E-state index contributed by atoms with van der Waals surface area (Å²) < 4.78 is 5.52. The fourth-order valence-electron chi connectivity index (χ4n) is 2.12. The van der Waals surface area contributed by atoms with E-state index in [2.05, 4.69) is 15.3 Å². The van der Waals surface area contributed by atoms with E-state index in [1.165, 1.54) is 25.8 Å². The van der Waals surface area contributed by atoms with Crippen LogP contribution in [0.1, 0.15) is 25.7 Å². The average Bonchev–Trinajstić information content (AvgIpc) is 2.36. The summed E-state index contributed by atoms with van der Waals surface area (Å²) in [5.41, 5.74) is 0. The van der Waals surface area contributed by atoms with Gasteiger partial charge in [-0.05, 0) is 56.3 Å². The Bertz CT molecular complexity index is 342. The van der Waals surface area contributed by atoms with Crippen molar-refractivity contribution in [1.82, 2.24) is 15.3 Å². The summed E-state index contributed by atoms with van der Waals surface area (Å²) in [6.07, 6.45) is 6.52. The lowest BCUT2D eigenvalue weighted by Crippen LogP contribution is -2.29. The zero-order valence-electron chi connectivity index (χ0n) is 9.86. The number of piperidine rings is 1. The van der Waals surface area contributed by atoms with Crippen LogP contribution < -0.4 is 10.1 Å². The summed E-state index contributed by atoms with van der Waals surface area (Å²) in [6, 6.07) is 1.73. The average molecular weight is 256 g/mol.